The number of urea groups is 1. The molecule has 2 amide bonds. The molecule has 1 saturated carbocycles. The number of piperidine rings is 1. The molecule has 208 valence electrons. The van der Waals surface area contributed by atoms with E-state index in [9.17, 15) is 4.79 Å². The summed E-state index contributed by atoms with van der Waals surface area (Å²) in [6.45, 7) is 10.8. The summed E-state index contributed by atoms with van der Waals surface area (Å²) >= 11 is 6.24. The maximum absolute atomic E-state index is 13.0. The average molecular weight is 550 g/mol. The Morgan fingerprint density at radius 3 is 2.54 bits per heavy atom. The molecule has 5 rings (SSSR count). The van der Waals surface area contributed by atoms with Gasteiger partial charge in [0, 0.05) is 57.0 Å². The Labute approximate surface area is 237 Å². The monoisotopic (exact) mass is 549 g/mol. The Bertz CT molecular complexity index is 1170. The largest absolute Gasteiger partial charge is 0.365 e. The van der Waals surface area contributed by atoms with Gasteiger partial charge in [0.05, 0.1) is 22.5 Å². The number of nitrogens with one attached hydrogen (secondary N) is 1. The minimum atomic E-state index is -0.110. The number of hydrogen-bond acceptors (Lipinski definition) is 6. The second-order valence-electron chi connectivity index (χ2n) is 11.2. The van der Waals surface area contributed by atoms with E-state index < -0.39 is 0 Å². The quantitative estimate of drug-likeness (QED) is 0.495. The van der Waals surface area contributed by atoms with Crippen LogP contribution in [0.5, 0.6) is 0 Å². The van der Waals surface area contributed by atoms with Crippen LogP contribution in [0.4, 0.5) is 22.0 Å². The number of piperazine rings is 1. The van der Waals surface area contributed by atoms with Crippen molar-refractivity contribution in [2.75, 3.05) is 60.9 Å². The topological polar surface area (TPSA) is 78.7 Å². The zero-order chi connectivity index (χ0) is 27.4. The molecular formula is C30H40ClN7O. The first-order valence-electron chi connectivity index (χ1n) is 14.4. The van der Waals surface area contributed by atoms with Gasteiger partial charge < -0.3 is 24.9 Å². The van der Waals surface area contributed by atoms with Gasteiger partial charge in [-0.15, -0.1) is 0 Å². The maximum Gasteiger partial charge on any atom is 0.322 e. The molecule has 8 nitrogen and oxygen atoms in total. The number of aromatic nitrogens is 1. The van der Waals surface area contributed by atoms with Crippen molar-refractivity contribution < 1.29 is 4.79 Å². The molecule has 3 fully saturated rings. The van der Waals surface area contributed by atoms with Gasteiger partial charge >= 0.3 is 6.03 Å². The second kappa shape index (κ2) is 12.4. The Balaban J connectivity index is 1.09. The van der Waals surface area contributed by atoms with Crippen molar-refractivity contribution in [3.63, 3.8) is 0 Å². The van der Waals surface area contributed by atoms with Gasteiger partial charge in [-0.1, -0.05) is 24.9 Å². The van der Waals surface area contributed by atoms with Gasteiger partial charge in [-0.25, -0.2) is 9.78 Å². The first-order chi connectivity index (χ1) is 18.9. The molecule has 0 radical (unpaired) electrons. The van der Waals surface area contributed by atoms with Gasteiger partial charge in [0.15, 0.2) is 0 Å². The van der Waals surface area contributed by atoms with Crippen molar-refractivity contribution in [2.24, 2.45) is 5.92 Å². The molecule has 1 N–H and O–H groups in total. The molecule has 1 aromatic carbocycles. The molecule has 2 saturated heterocycles. The lowest BCUT2D eigenvalue weighted by Gasteiger charge is -2.41. The number of hydrogen-bond donors (Lipinski definition) is 1. The first-order valence-corrected chi connectivity index (χ1v) is 14.8. The predicted molar refractivity (Wildman–Crippen MR) is 158 cm³/mol. The molecule has 2 aromatic rings. The van der Waals surface area contributed by atoms with E-state index in [-0.39, 0.29) is 12.1 Å². The molecule has 9 heteroatoms. The lowest BCUT2D eigenvalue weighted by Crippen LogP contribution is -2.54. The van der Waals surface area contributed by atoms with Gasteiger partial charge in [-0.2, -0.15) is 5.26 Å². The minimum absolute atomic E-state index is 0.110. The molecule has 1 aliphatic carbocycles. The van der Waals surface area contributed by atoms with E-state index in [1.807, 2.05) is 29.2 Å². The molecular weight excluding hydrogens is 510 g/mol. The standard InChI is InChI=1S/C30H40ClN7O/c1-3-35(26-5-4-6-26)21-23-11-13-36(14-12-23)29-10-8-25(19-33-29)34-30(39)37-15-16-38(22(2)20-37)27-9-7-24(18-32)28(31)17-27/h7-10,17,19,22-23,26H,3-6,11-16,20-21H2,1-2H3,(H,34,39). The third kappa shape index (κ3) is 6.42. The lowest BCUT2D eigenvalue weighted by molar-refractivity contribution is 0.107. The number of anilines is 3. The Morgan fingerprint density at radius 1 is 1.15 bits per heavy atom. The number of nitrogens with zero attached hydrogens (tertiary/aromatic N) is 6. The molecule has 0 bridgehead atoms. The van der Waals surface area contributed by atoms with Crippen LogP contribution in [0.15, 0.2) is 36.5 Å². The van der Waals surface area contributed by atoms with Crippen LogP contribution in [0.2, 0.25) is 5.02 Å². The van der Waals surface area contributed by atoms with E-state index >= 15 is 0 Å². The van der Waals surface area contributed by atoms with Gasteiger partial charge in [0.25, 0.3) is 0 Å². The fraction of sp³-hybridized carbons (Fsp3) is 0.567. The lowest BCUT2D eigenvalue weighted by atomic mass is 9.89. The number of carbonyl (C=O) groups excluding carboxylic acids is 1. The maximum atomic E-state index is 13.0. The van der Waals surface area contributed by atoms with Crippen LogP contribution in [0.25, 0.3) is 0 Å². The highest BCUT2D eigenvalue weighted by atomic mass is 35.5. The second-order valence-corrected chi connectivity index (χ2v) is 11.6. The number of rotatable bonds is 7. The number of amides is 2. The van der Waals surface area contributed by atoms with Crippen molar-refractivity contribution in [1.29, 1.82) is 5.26 Å². The van der Waals surface area contributed by atoms with Gasteiger partial charge in [-0.3, -0.25) is 0 Å². The summed E-state index contributed by atoms with van der Waals surface area (Å²) in [4.78, 5) is 26.8. The van der Waals surface area contributed by atoms with Crippen molar-refractivity contribution in [1.82, 2.24) is 14.8 Å². The highest BCUT2D eigenvalue weighted by Gasteiger charge is 2.29. The van der Waals surface area contributed by atoms with Crippen LogP contribution in [0, 0.1) is 17.2 Å². The Kier molecular flexibility index (Phi) is 8.79. The van der Waals surface area contributed by atoms with Crippen LogP contribution >= 0.6 is 11.6 Å². The zero-order valence-electron chi connectivity index (χ0n) is 23.2. The van der Waals surface area contributed by atoms with Crippen LogP contribution < -0.4 is 15.1 Å². The van der Waals surface area contributed by atoms with Gasteiger partial charge in [0.2, 0.25) is 0 Å². The number of pyridine rings is 1. The average Bonchev–Trinajstić information content (AvgIpc) is 2.92. The Hall–Kier alpha value is -3.02. The van der Waals surface area contributed by atoms with Gasteiger partial charge in [-0.05, 0) is 75.4 Å². The molecule has 1 atom stereocenters. The third-order valence-electron chi connectivity index (χ3n) is 8.75. The minimum Gasteiger partial charge on any atom is -0.365 e. The zero-order valence-corrected chi connectivity index (χ0v) is 23.9. The smallest absolute Gasteiger partial charge is 0.322 e. The predicted octanol–water partition coefficient (Wildman–Crippen LogP) is 5.44. The van der Waals surface area contributed by atoms with Gasteiger partial charge in [0.1, 0.15) is 11.9 Å². The third-order valence-corrected chi connectivity index (χ3v) is 9.06. The van der Waals surface area contributed by atoms with Crippen molar-refractivity contribution in [3.8, 4) is 6.07 Å². The highest BCUT2D eigenvalue weighted by molar-refractivity contribution is 6.32. The number of halogens is 1. The van der Waals surface area contributed by atoms with Crippen LogP contribution in [-0.2, 0) is 0 Å². The summed E-state index contributed by atoms with van der Waals surface area (Å²) in [5.74, 6) is 1.76. The van der Waals surface area contributed by atoms with Crippen molar-refractivity contribution in [3.05, 3.63) is 47.1 Å². The summed E-state index contributed by atoms with van der Waals surface area (Å²) in [6, 6.07) is 12.4. The van der Waals surface area contributed by atoms with Crippen molar-refractivity contribution >= 4 is 34.8 Å². The van der Waals surface area contributed by atoms with E-state index in [4.69, 9.17) is 16.9 Å². The highest BCUT2D eigenvalue weighted by Crippen LogP contribution is 2.29. The van der Waals surface area contributed by atoms with Crippen LogP contribution in [-0.4, -0.2) is 78.7 Å². The van der Waals surface area contributed by atoms with E-state index in [2.05, 4.69) is 44.9 Å². The molecule has 0 spiro atoms. The summed E-state index contributed by atoms with van der Waals surface area (Å²) in [5.41, 5.74) is 2.15. The first kappa shape index (κ1) is 27.5. The van der Waals surface area contributed by atoms with E-state index in [1.165, 1.54) is 45.2 Å². The summed E-state index contributed by atoms with van der Waals surface area (Å²) < 4.78 is 0. The van der Waals surface area contributed by atoms with E-state index in [0.717, 1.165) is 36.6 Å². The normalized spacial score (nSPS) is 20.6. The Morgan fingerprint density at radius 2 is 1.95 bits per heavy atom. The number of carbonyl (C=O) groups is 1. The molecule has 3 heterocycles. The molecule has 1 aromatic heterocycles. The molecule has 39 heavy (non-hydrogen) atoms. The fourth-order valence-electron chi connectivity index (χ4n) is 6.11. The van der Waals surface area contributed by atoms with Crippen LogP contribution in [0.1, 0.15) is 51.5 Å². The van der Waals surface area contributed by atoms with Crippen LogP contribution in [0.3, 0.4) is 0 Å². The number of nitriles is 1. The SMILES string of the molecule is CCN(CC1CCN(c2ccc(NC(=O)N3CCN(c4ccc(C#N)c(Cl)c4)C(C)C3)cn2)CC1)C1CCC1. The van der Waals surface area contributed by atoms with E-state index in [1.54, 1.807) is 12.3 Å². The van der Waals surface area contributed by atoms with E-state index in [0.29, 0.717) is 35.9 Å². The summed E-state index contributed by atoms with van der Waals surface area (Å²) in [7, 11) is 0. The molecule has 3 aliphatic rings. The summed E-state index contributed by atoms with van der Waals surface area (Å²) in [5, 5.41) is 12.6. The fourth-order valence-corrected chi connectivity index (χ4v) is 6.33. The molecule has 2 aliphatic heterocycles. The summed E-state index contributed by atoms with van der Waals surface area (Å²) in [6.07, 6.45) is 8.34. The van der Waals surface area contributed by atoms with Crippen molar-refractivity contribution in [2.45, 2.75) is 58.0 Å². The molecule has 1 unspecified atom stereocenters. The number of benzene rings is 1.